The van der Waals surface area contributed by atoms with Gasteiger partial charge in [0, 0.05) is 13.1 Å². The topological polar surface area (TPSA) is 70.7 Å². The molecule has 116 valence electrons. The van der Waals surface area contributed by atoms with Gasteiger partial charge in [-0.3, -0.25) is 4.79 Å². The SMILES string of the molecule is CC(NC(=O)OCc1ccccc1)C(=O)NCCN(C)C. The van der Waals surface area contributed by atoms with Gasteiger partial charge in [0.1, 0.15) is 12.6 Å². The zero-order chi connectivity index (χ0) is 15.7. The smallest absolute Gasteiger partial charge is 0.408 e. The van der Waals surface area contributed by atoms with Crippen molar-refractivity contribution >= 4 is 12.0 Å². The van der Waals surface area contributed by atoms with Crippen molar-refractivity contribution in [2.24, 2.45) is 0 Å². The summed E-state index contributed by atoms with van der Waals surface area (Å²) in [4.78, 5) is 25.3. The lowest BCUT2D eigenvalue weighted by atomic mass is 10.2. The summed E-state index contributed by atoms with van der Waals surface area (Å²) in [5.74, 6) is -0.228. The Kier molecular flexibility index (Phi) is 7.25. The third-order valence-electron chi connectivity index (χ3n) is 2.80. The molecule has 0 saturated heterocycles. The summed E-state index contributed by atoms with van der Waals surface area (Å²) in [6.45, 7) is 3.09. The highest BCUT2D eigenvalue weighted by Gasteiger charge is 2.15. The Morgan fingerprint density at radius 1 is 1.24 bits per heavy atom. The fourth-order valence-electron chi connectivity index (χ4n) is 1.56. The van der Waals surface area contributed by atoms with E-state index < -0.39 is 12.1 Å². The monoisotopic (exact) mass is 293 g/mol. The minimum atomic E-state index is -0.629. The molecule has 0 fully saturated rings. The normalized spacial score (nSPS) is 11.8. The molecule has 0 spiro atoms. The Bertz CT molecular complexity index is 449. The minimum absolute atomic E-state index is 0.182. The number of ether oxygens (including phenoxy) is 1. The van der Waals surface area contributed by atoms with Crippen LogP contribution in [0.2, 0.25) is 0 Å². The summed E-state index contributed by atoms with van der Waals surface area (Å²) in [5.41, 5.74) is 0.899. The Hall–Kier alpha value is -2.08. The molecular formula is C15H23N3O3. The third-order valence-corrected chi connectivity index (χ3v) is 2.80. The summed E-state index contributed by atoms with van der Waals surface area (Å²) in [7, 11) is 3.85. The van der Waals surface area contributed by atoms with Crippen LogP contribution in [0.5, 0.6) is 0 Å². The van der Waals surface area contributed by atoms with Crippen LogP contribution in [-0.2, 0) is 16.1 Å². The molecule has 2 amide bonds. The highest BCUT2D eigenvalue weighted by atomic mass is 16.5. The highest BCUT2D eigenvalue weighted by molar-refractivity contribution is 5.85. The zero-order valence-electron chi connectivity index (χ0n) is 12.8. The van der Waals surface area contributed by atoms with E-state index >= 15 is 0 Å². The quantitative estimate of drug-likeness (QED) is 0.786. The van der Waals surface area contributed by atoms with Crippen LogP contribution < -0.4 is 10.6 Å². The van der Waals surface area contributed by atoms with Crippen molar-refractivity contribution < 1.29 is 14.3 Å². The third kappa shape index (κ3) is 7.31. The van der Waals surface area contributed by atoms with Gasteiger partial charge in [0.2, 0.25) is 5.91 Å². The first kappa shape index (κ1) is 17.0. The number of nitrogens with zero attached hydrogens (tertiary/aromatic N) is 1. The molecule has 2 N–H and O–H groups in total. The maximum Gasteiger partial charge on any atom is 0.408 e. The van der Waals surface area contributed by atoms with E-state index in [0.29, 0.717) is 6.54 Å². The Labute approximate surface area is 125 Å². The molecule has 6 nitrogen and oxygen atoms in total. The highest BCUT2D eigenvalue weighted by Crippen LogP contribution is 2.00. The molecule has 6 heteroatoms. The van der Waals surface area contributed by atoms with Gasteiger partial charge in [-0.25, -0.2) is 4.79 Å². The van der Waals surface area contributed by atoms with E-state index in [2.05, 4.69) is 10.6 Å². The number of alkyl carbamates (subject to hydrolysis) is 1. The average molecular weight is 293 g/mol. The number of benzene rings is 1. The second-order valence-corrected chi connectivity index (χ2v) is 5.02. The van der Waals surface area contributed by atoms with E-state index in [1.54, 1.807) is 6.92 Å². The summed E-state index contributed by atoms with van der Waals surface area (Å²) in [6, 6.07) is 8.74. The van der Waals surface area contributed by atoms with Crippen LogP contribution >= 0.6 is 0 Å². The second-order valence-electron chi connectivity index (χ2n) is 5.02. The first-order chi connectivity index (χ1) is 9.99. The van der Waals surface area contributed by atoms with E-state index in [-0.39, 0.29) is 12.5 Å². The number of rotatable bonds is 7. The van der Waals surface area contributed by atoms with Crippen molar-refractivity contribution in [1.29, 1.82) is 0 Å². The van der Waals surface area contributed by atoms with Crippen molar-refractivity contribution in [2.75, 3.05) is 27.2 Å². The predicted molar refractivity (Wildman–Crippen MR) is 80.8 cm³/mol. The van der Waals surface area contributed by atoms with E-state index in [9.17, 15) is 9.59 Å². The standard InChI is InChI=1S/C15H23N3O3/c1-12(14(19)16-9-10-18(2)3)17-15(20)21-11-13-7-5-4-6-8-13/h4-8,12H,9-11H2,1-3H3,(H,16,19)(H,17,20). The van der Waals surface area contributed by atoms with Crippen LogP contribution in [0.1, 0.15) is 12.5 Å². The first-order valence-electron chi connectivity index (χ1n) is 6.88. The van der Waals surface area contributed by atoms with Gasteiger partial charge in [-0.1, -0.05) is 30.3 Å². The lowest BCUT2D eigenvalue weighted by Gasteiger charge is -2.15. The van der Waals surface area contributed by atoms with Gasteiger partial charge in [0.05, 0.1) is 0 Å². The van der Waals surface area contributed by atoms with E-state index in [1.807, 2.05) is 49.3 Å². The van der Waals surface area contributed by atoms with Crippen molar-refractivity contribution in [1.82, 2.24) is 15.5 Å². The lowest BCUT2D eigenvalue weighted by Crippen LogP contribution is -2.46. The van der Waals surface area contributed by atoms with Crippen LogP contribution in [0.3, 0.4) is 0 Å². The average Bonchev–Trinajstić information content (AvgIpc) is 2.45. The Morgan fingerprint density at radius 2 is 1.90 bits per heavy atom. The van der Waals surface area contributed by atoms with Crippen molar-refractivity contribution in [3.63, 3.8) is 0 Å². The largest absolute Gasteiger partial charge is 0.445 e. The van der Waals surface area contributed by atoms with Gasteiger partial charge >= 0.3 is 6.09 Å². The number of carbonyl (C=O) groups is 2. The molecule has 0 aliphatic rings. The van der Waals surface area contributed by atoms with Crippen LogP contribution in [0.4, 0.5) is 4.79 Å². The fraction of sp³-hybridized carbons (Fsp3) is 0.467. The lowest BCUT2D eigenvalue weighted by molar-refractivity contribution is -0.122. The number of likely N-dealkylation sites (N-methyl/N-ethyl adjacent to an activating group) is 1. The Morgan fingerprint density at radius 3 is 2.52 bits per heavy atom. The summed E-state index contributed by atoms with van der Waals surface area (Å²) >= 11 is 0. The maximum absolute atomic E-state index is 11.7. The predicted octanol–water partition coefficient (Wildman–Crippen LogP) is 0.979. The number of hydrogen-bond acceptors (Lipinski definition) is 4. The number of nitrogens with one attached hydrogen (secondary N) is 2. The number of carbonyl (C=O) groups excluding carboxylic acids is 2. The molecule has 1 rings (SSSR count). The van der Waals surface area contributed by atoms with Gasteiger partial charge in [0.15, 0.2) is 0 Å². The van der Waals surface area contributed by atoms with E-state index in [0.717, 1.165) is 12.1 Å². The van der Waals surface area contributed by atoms with Gasteiger partial charge < -0.3 is 20.3 Å². The summed E-state index contributed by atoms with van der Waals surface area (Å²) in [6.07, 6.45) is -0.603. The van der Waals surface area contributed by atoms with Crippen LogP contribution in [0, 0.1) is 0 Å². The molecule has 0 bridgehead atoms. The molecule has 1 unspecified atom stereocenters. The minimum Gasteiger partial charge on any atom is -0.445 e. The molecule has 0 radical (unpaired) electrons. The molecule has 1 atom stereocenters. The number of amides is 2. The van der Waals surface area contributed by atoms with Gasteiger partial charge in [-0.2, -0.15) is 0 Å². The molecule has 0 heterocycles. The van der Waals surface area contributed by atoms with Crippen LogP contribution in [-0.4, -0.2) is 50.1 Å². The van der Waals surface area contributed by atoms with Crippen LogP contribution in [0.25, 0.3) is 0 Å². The molecule has 0 aliphatic carbocycles. The van der Waals surface area contributed by atoms with Gasteiger partial charge in [-0.05, 0) is 26.6 Å². The summed E-state index contributed by atoms with van der Waals surface area (Å²) in [5, 5.41) is 5.24. The summed E-state index contributed by atoms with van der Waals surface area (Å²) < 4.78 is 5.05. The van der Waals surface area contributed by atoms with Crippen molar-refractivity contribution in [3.05, 3.63) is 35.9 Å². The molecule has 0 aliphatic heterocycles. The number of hydrogen-bond donors (Lipinski definition) is 2. The maximum atomic E-state index is 11.7. The van der Waals surface area contributed by atoms with Crippen LogP contribution in [0.15, 0.2) is 30.3 Å². The molecule has 1 aromatic carbocycles. The van der Waals surface area contributed by atoms with Crippen molar-refractivity contribution in [2.45, 2.75) is 19.6 Å². The fourth-order valence-corrected chi connectivity index (χ4v) is 1.56. The molecule has 0 saturated carbocycles. The zero-order valence-corrected chi connectivity index (χ0v) is 12.8. The first-order valence-corrected chi connectivity index (χ1v) is 6.88. The molecule has 1 aromatic rings. The second kappa shape index (κ2) is 8.97. The van der Waals surface area contributed by atoms with Crippen molar-refractivity contribution in [3.8, 4) is 0 Å². The molecular weight excluding hydrogens is 270 g/mol. The molecule has 21 heavy (non-hydrogen) atoms. The van der Waals surface area contributed by atoms with Gasteiger partial charge in [0.25, 0.3) is 0 Å². The Balaban J connectivity index is 2.25. The van der Waals surface area contributed by atoms with E-state index in [4.69, 9.17) is 4.74 Å². The van der Waals surface area contributed by atoms with Gasteiger partial charge in [-0.15, -0.1) is 0 Å². The van der Waals surface area contributed by atoms with E-state index in [1.165, 1.54) is 0 Å². The molecule has 0 aromatic heterocycles.